The lowest BCUT2D eigenvalue weighted by atomic mass is 9.96. The van der Waals surface area contributed by atoms with Gasteiger partial charge in [-0.2, -0.15) is 0 Å². The second kappa shape index (κ2) is 3.48. The van der Waals surface area contributed by atoms with Crippen LogP contribution in [0.25, 0.3) is 0 Å². The molecule has 1 aromatic carbocycles. The minimum Gasteiger partial charge on any atom is -0.497 e. The van der Waals surface area contributed by atoms with Crippen molar-refractivity contribution in [3.63, 3.8) is 0 Å². The number of methoxy groups -OCH3 is 1. The van der Waals surface area contributed by atoms with Crippen molar-refractivity contribution < 1.29 is 9.84 Å². The van der Waals surface area contributed by atoms with Gasteiger partial charge in [-0.05, 0) is 23.8 Å². The van der Waals surface area contributed by atoms with E-state index in [1.54, 1.807) is 7.11 Å². The number of β-amino-alcohol motifs (C(OH)–C–C–N with tert-alkyl or cyclic N) is 1. The maximum absolute atomic E-state index is 9.56. The molecule has 0 saturated heterocycles. The number of anilines is 1. The zero-order valence-electron chi connectivity index (χ0n) is 8.03. The number of rotatable bonds is 1. The number of nitrogens with two attached hydrogens (primary N) is 1. The summed E-state index contributed by atoms with van der Waals surface area (Å²) in [6.45, 7) is 0.500. The Morgan fingerprint density at radius 2 is 2.36 bits per heavy atom. The van der Waals surface area contributed by atoms with Gasteiger partial charge in [0.15, 0.2) is 0 Å². The summed E-state index contributed by atoms with van der Waals surface area (Å²) in [6.07, 6.45) is -0.533. The minimum absolute atomic E-state index is 0.332. The molecule has 0 spiro atoms. The van der Waals surface area contributed by atoms with Gasteiger partial charge in [-0.1, -0.05) is 0 Å². The zero-order valence-corrected chi connectivity index (χ0v) is 8.03. The van der Waals surface area contributed by atoms with E-state index < -0.39 is 6.10 Å². The highest BCUT2D eigenvalue weighted by Gasteiger charge is 2.24. The molecule has 4 nitrogen and oxygen atoms in total. The Labute approximate surface area is 82.7 Å². The molecule has 2 rings (SSSR count). The zero-order chi connectivity index (χ0) is 10.1. The highest BCUT2D eigenvalue weighted by atomic mass is 16.5. The normalized spacial score (nSPS) is 25.1. The van der Waals surface area contributed by atoms with Crippen molar-refractivity contribution in [3.8, 4) is 5.75 Å². The summed E-state index contributed by atoms with van der Waals surface area (Å²) >= 11 is 0. The number of nitrogens with one attached hydrogen (secondary N) is 1. The summed E-state index contributed by atoms with van der Waals surface area (Å²) in [7, 11) is 1.61. The number of hydrogen-bond donors (Lipinski definition) is 3. The molecule has 2 atom stereocenters. The standard InChI is InChI=1S/C10H14N2O2/c1-14-6-2-3-8-7(4-6)10(11)9(13)5-12-8/h2-4,9-10,12-13H,5,11H2,1H3. The fourth-order valence-electron chi connectivity index (χ4n) is 1.65. The van der Waals surface area contributed by atoms with Crippen molar-refractivity contribution >= 4 is 5.69 Å². The van der Waals surface area contributed by atoms with Gasteiger partial charge >= 0.3 is 0 Å². The van der Waals surface area contributed by atoms with Crippen LogP contribution in [-0.4, -0.2) is 24.9 Å². The van der Waals surface area contributed by atoms with Gasteiger partial charge in [0, 0.05) is 12.2 Å². The SMILES string of the molecule is COc1ccc2c(c1)C(N)C(O)CN2. The number of hydrogen-bond acceptors (Lipinski definition) is 4. The molecule has 0 aromatic heterocycles. The van der Waals surface area contributed by atoms with Crippen LogP contribution in [0.5, 0.6) is 5.75 Å². The molecule has 0 amide bonds. The van der Waals surface area contributed by atoms with E-state index in [-0.39, 0.29) is 6.04 Å². The van der Waals surface area contributed by atoms with Crippen LogP contribution in [0.4, 0.5) is 5.69 Å². The Bertz CT molecular complexity index is 341. The van der Waals surface area contributed by atoms with Gasteiger partial charge in [0.25, 0.3) is 0 Å². The van der Waals surface area contributed by atoms with Gasteiger partial charge in [-0.25, -0.2) is 0 Å². The van der Waals surface area contributed by atoms with Gasteiger partial charge in [0.2, 0.25) is 0 Å². The second-order valence-electron chi connectivity index (χ2n) is 3.43. The third kappa shape index (κ3) is 1.42. The van der Waals surface area contributed by atoms with E-state index in [0.717, 1.165) is 17.0 Å². The molecule has 0 saturated carbocycles. The summed E-state index contributed by atoms with van der Waals surface area (Å²) in [4.78, 5) is 0. The molecule has 1 aromatic rings. The summed E-state index contributed by atoms with van der Waals surface area (Å²) in [5, 5.41) is 12.7. The number of ether oxygens (including phenoxy) is 1. The molecule has 0 fully saturated rings. The van der Waals surface area contributed by atoms with Gasteiger partial charge in [-0.3, -0.25) is 0 Å². The van der Waals surface area contributed by atoms with Crippen LogP contribution in [0, 0.1) is 0 Å². The molecule has 4 heteroatoms. The smallest absolute Gasteiger partial charge is 0.119 e. The van der Waals surface area contributed by atoms with E-state index in [2.05, 4.69) is 5.32 Å². The lowest BCUT2D eigenvalue weighted by Crippen LogP contribution is -2.36. The molecule has 1 aliphatic heterocycles. The maximum Gasteiger partial charge on any atom is 0.119 e. The summed E-state index contributed by atoms with van der Waals surface area (Å²) in [5.41, 5.74) is 7.75. The average molecular weight is 194 g/mol. The molecular weight excluding hydrogens is 180 g/mol. The fraction of sp³-hybridized carbons (Fsp3) is 0.400. The molecule has 4 N–H and O–H groups in total. The Balaban J connectivity index is 2.41. The van der Waals surface area contributed by atoms with Crippen molar-refractivity contribution in [3.05, 3.63) is 23.8 Å². The second-order valence-corrected chi connectivity index (χ2v) is 3.43. The minimum atomic E-state index is -0.533. The third-order valence-corrected chi connectivity index (χ3v) is 2.53. The maximum atomic E-state index is 9.56. The molecule has 0 bridgehead atoms. The van der Waals surface area contributed by atoms with Crippen LogP contribution in [0.2, 0.25) is 0 Å². The number of fused-ring (bicyclic) bond motifs is 1. The largest absolute Gasteiger partial charge is 0.497 e. The quantitative estimate of drug-likeness (QED) is 0.608. The van der Waals surface area contributed by atoms with Gasteiger partial charge in [-0.15, -0.1) is 0 Å². The Kier molecular flexibility index (Phi) is 2.31. The van der Waals surface area contributed by atoms with Crippen LogP contribution in [0.15, 0.2) is 18.2 Å². The Morgan fingerprint density at radius 3 is 3.07 bits per heavy atom. The Hall–Kier alpha value is -1.26. The lowest BCUT2D eigenvalue weighted by molar-refractivity contribution is 0.153. The van der Waals surface area contributed by atoms with Gasteiger partial charge < -0.3 is 20.9 Å². The molecule has 0 aliphatic carbocycles. The predicted molar refractivity (Wildman–Crippen MR) is 54.4 cm³/mol. The summed E-state index contributed by atoms with van der Waals surface area (Å²) < 4.78 is 5.10. The Morgan fingerprint density at radius 1 is 1.57 bits per heavy atom. The van der Waals surface area contributed by atoms with Crippen LogP contribution < -0.4 is 15.8 Å². The molecule has 1 aliphatic rings. The van der Waals surface area contributed by atoms with Crippen molar-refractivity contribution in [2.75, 3.05) is 19.0 Å². The van der Waals surface area contributed by atoms with Crippen LogP contribution >= 0.6 is 0 Å². The molecule has 14 heavy (non-hydrogen) atoms. The summed E-state index contributed by atoms with van der Waals surface area (Å²) in [6, 6.07) is 5.31. The number of benzene rings is 1. The first-order valence-corrected chi connectivity index (χ1v) is 4.58. The summed E-state index contributed by atoms with van der Waals surface area (Å²) in [5.74, 6) is 0.759. The number of aliphatic hydroxyl groups excluding tert-OH is 1. The van der Waals surface area contributed by atoms with E-state index in [1.807, 2.05) is 18.2 Å². The number of aliphatic hydroxyl groups is 1. The van der Waals surface area contributed by atoms with Gasteiger partial charge in [0.1, 0.15) is 5.75 Å². The third-order valence-electron chi connectivity index (χ3n) is 2.53. The predicted octanol–water partition coefficient (Wildman–Crippen LogP) is 0.481. The van der Waals surface area contributed by atoms with Crippen molar-refractivity contribution in [2.45, 2.75) is 12.1 Å². The first-order valence-electron chi connectivity index (χ1n) is 4.58. The first-order chi connectivity index (χ1) is 6.72. The van der Waals surface area contributed by atoms with Crippen LogP contribution in [0.3, 0.4) is 0 Å². The highest BCUT2D eigenvalue weighted by molar-refractivity contribution is 5.57. The monoisotopic (exact) mass is 194 g/mol. The first kappa shape index (κ1) is 9.30. The van der Waals surface area contributed by atoms with Crippen LogP contribution in [-0.2, 0) is 0 Å². The van der Waals surface area contributed by atoms with Crippen molar-refractivity contribution in [1.82, 2.24) is 0 Å². The van der Waals surface area contributed by atoms with E-state index in [9.17, 15) is 5.11 Å². The van der Waals surface area contributed by atoms with Crippen LogP contribution in [0.1, 0.15) is 11.6 Å². The average Bonchev–Trinajstić information content (AvgIpc) is 2.23. The lowest BCUT2D eigenvalue weighted by Gasteiger charge is -2.28. The fourth-order valence-corrected chi connectivity index (χ4v) is 1.65. The van der Waals surface area contributed by atoms with E-state index in [1.165, 1.54) is 0 Å². The molecule has 0 radical (unpaired) electrons. The molecule has 76 valence electrons. The van der Waals surface area contributed by atoms with Gasteiger partial charge in [0.05, 0.1) is 19.3 Å². The highest BCUT2D eigenvalue weighted by Crippen LogP contribution is 2.31. The van der Waals surface area contributed by atoms with E-state index in [0.29, 0.717) is 6.54 Å². The van der Waals surface area contributed by atoms with E-state index in [4.69, 9.17) is 10.5 Å². The molecular formula is C10H14N2O2. The van der Waals surface area contributed by atoms with Crippen molar-refractivity contribution in [1.29, 1.82) is 0 Å². The van der Waals surface area contributed by atoms with E-state index >= 15 is 0 Å². The topological polar surface area (TPSA) is 67.5 Å². The molecule has 2 unspecified atom stereocenters. The molecule has 1 heterocycles. The van der Waals surface area contributed by atoms with Crippen molar-refractivity contribution in [2.24, 2.45) is 5.73 Å².